The van der Waals surface area contributed by atoms with Gasteiger partial charge in [-0.15, -0.1) is 0 Å². The highest BCUT2D eigenvalue weighted by atomic mass is 32.2. The van der Waals surface area contributed by atoms with E-state index in [1.807, 2.05) is 19.1 Å². The predicted octanol–water partition coefficient (Wildman–Crippen LogP) is 4.19. The van der Waals surface area contributed by atoms with E-state index in [0.717, 1.165) is 11.1 Å². The van der Waals surface area contributed by atoms with E-state index in [1.165, 1.54) is 37.5 Å². The minimum Gasteiger partial charge on any atom is -0.495 e. The first-order valence-corrected chi connectivity index (χ1v) is 11.5. The molecule has 4 rings (SSSR count). The van der Waals surface area contributed by atoms with Crippen molar-refractivity contribution in [3.63, 3.8) is 0 Å². The molecular formula is C24H22N2O6S. The largest absolute Gasteiger partial charge is 0.495 e. The van der Waals surface area contributed by atoms with Gasteiger partial charge in [-0.1, -0.05) is 12.1 Å². The van der Waals surface area contributed by atoms with E-state index in [9.17, 15) is 13.2 Å². The van der Waals surface area contributed by atoms with Crippen LogP contribution < -0.4 is 24.2 Å². The predicted molar refractivity (Wildman–Crippen MR) is 125 cm³/mol. The van der Waals surface area contributed by atoms with Gasteiger partial charge in [0.2, 0.25) is 12.7 Å². The van der Waals surface area contributed by atoms with Gasteiger partial charge in [-0.25, -0.2) is 8.42 Å². The molecule has 1 aliphatic heterocycles. The lowest BCUT2D eigenvalue weighted by molar-refractivity contribution is -0.111. The monoisotopic (exact) mass is 466 g/mol. The van der Waals surface area contributed by atoms with Gasteiger partial charge in [-0.3, -0.25) is 9.52 Å². The van der Waals surface area contributed by atoms with E-state index in [1.54, 1.807) is 30.3 Å². The van der Waals surface area contributed by atoms with Gasteiger partial charge in [0, 0.05) is 11.8 Å². The zero-order valence-corrected chi connectivity index (χ0v) is 18.8. The van der Waals surface area contributed by atoms with Gasteiger partial charge >= 0.3 is 0 Å². The summed E-state index contributed by atoms with van der Waals surface area (Å²) in [5, 5.41) is 2.70. The van der Waals surface area contributed by atoms with Crippen molar-refractivity contribution in [2.24, 2.45) is 0 Å². The summed E-state index contributed by atoms with van der Waals surface area (Å²) in [6.07, 6.45) is 3.03. The second kappa shape index (κ2) is 9.25. The van der Waals surface area contributed by atoms with Gasteiger partial charge in [-0.2, -0.15) is 0 Å². The van der Waals surface area contributed by atoms with E-state index in [0.29, 0.717) is 28.6 Å². The number of amides is 1. The third kappa shape index (κ3) is 5.27. The maximum absolute atomic E-state index is 12.8. The Kier molecular flexibility index (Phi) is 6.23. The highest BCUT2D eigenvalue weighted by Gasteiger charge is 2.17. The van der Waals surface area contributed by atoms with Crippen molar-refractivity contribution >= 4 is 33.4 Å². The number of nitrogens with one attached hydrogen (secondary N) is 2. The fourth-order valence-corrected chi connectivity index (χ4v) is 4.26. The Morgan fingerprint density at radius 1 is 1.00 bits per heavy atom. The number of hydrogen-bond donors (Lipinski definition) is 2. The van der Waals surface area contributed by atoms with Gasteiger partial charge < -0.3 is 19.5 Å². The molecule has 2 N–H and O–H groups in total. The Bertz CT molecular complexity index is 1320. The molecule has 33 heavy (non-hydrogen) atoms. The molecule has 0 unspecified atom stereocenters. The van der Waals surface area contributed by atoms with Gasteiger partial charge in [0.1, 0.15) is 5.75 Å². The Balaban J connectivity index is 1.41. The quantitative estimate of drug-likeness (QED) is 0.507. The van der Waals surface area contributed by atoms with Crippen molar-refractivity contribution in [1.82, 2.24) is 0 Å². The molecule has 170 valence electrons. The molecule has 9 heteroatoms. The molecule has 1 aliphatic rings. The van der Waals surface area contributed by atoms with Gasteiger partial charge in [-0.05, 0) is 72.7 Å². The molecule has 0 fully saturated rings. The van der Waals surface area contributed by atoms with E-state index in [4.69, 9.17) is 14.2 Å². The van der Waals surface area contributed by atoms with Crippen LogP contribution in [-0.4, -0.2) is 28.2 Å². The summed E-state index contributed by atoms with van der Waals surface area (Å²) in [6, 6.07) is 16.5. The Morgan fingerprint density at radius 3 is 2.52 bits per heavy atom. The average molecular weight is 467 g/mol. The smallest absolute Gasteiger partial charge is 0.262 e. The Labute approximate surface area is 191 Å². The molecule has 0 saturated heterocycles. The zero-order chi connectivity index (χ0) is 23.4. The fraction of sp³-hybridized carbons (Fsp3) is 0.125. The number of methoxy groups -OCH3 is 1. The van der Waals surface area contributed by atoms with Crippen LogP contribution in [0.5, 0.6) is 17.2 Å². The lowest BCUT2D eigenvalue weighted by atomic mass is 10.2. The summed E-state index contributed by atoms with van der Waals surface area (Å²) >= 11 is 0. The molecule has 0 saturated carbocycles. The van der Waals surface area contributed by atoms with Crippen molar-refractivity contribution < 1.29 is 27.4 Å². The van der Waals surface area contributed by atoms with Gasteiger partial charge in [0.15, 0.2) is 11.5 Å². The number of carbonyl (C=O) groups excluding carboxylic acids is 1. The van der Waals surface area contributed by atoms with Crippen molar-refractivity contribution in [3.8, 4) is 17.2 Å². The van der Waals surface area contributed by atoms with Crippen LogP contribution in [0.4, 0.5) is 11.4 Å². The number of sulfonamides is 1. The summed E-state index contributed by atoms with van der Waals surface area (Å²) in [6.45, 7) is 2.04. The van der Waals surface area contributed by atoms with Crippen LogP contribution in [-0.2, 0) is 14.8 Å². The number of rotatable bonds is 7. The molecule has 1 amide bonds. The van der Waals surface area contributed by atoms with E-state index >= 15 is 0 Å². The summed E-state index contributed by atoms with van der Waals surface area (Å²) < 4.78 is 43.9. The Morgan fingerprint density at radius 2 is 1.76 bits per heavy atom. The van der Waals surface area contributed by atoms with Gasteiger partial charge in [0.05, 0.1) is 17.7 Å². The molecule has 8 nitrogen and oxygen atoms in total. The van der Waals surface area contributed by atoms with Gasteiger partial charge in [0.25, 0.3) is 10.0 Å². The van der Waals surface area contributed by atoms with Crippen LogP contribution in [0.25, 0.3) is 6.08 Å². The number of fused-ring (bicyclic) bond motifs is 1. The summed E-state index contributed by atoms with van der Waals surface area (Å²) in [5.41, 5.74) is 2.49. The minimum absolute atomic E-state index is 0.0555. The highest BCUT2D eigenvalue weighted by molar-refractivity contribution is 7.92. The summed E-state index contributed by atoms with van der Waals surface area (Å²) in [4.78, 5) is 12.3. The molecule has 3 aromatic carbocycles. The number of benzene rings is 3. The molecule has 0 radical (unpaired) electrons. The molecule has 0 aliphatic carbocycles. The number of carbonyl (C=O) groups is 1. The molecule has 0 atom stereocenters. The first-order valence-electron chi connectivity index (χ1n) is 10.0. The molecular weight excluding hydrogens is 444 g/mol. The highest BCUT2D eigenvalue weighted by Crippen LogP contribution is 2.33. The van der Waals surface area contributed by atoms with Crippen LogP contribution in [0.3, 0.4) is 0 Å². The number of ether oxygens (including phenoxy) is 3. The van der Waals surface area contributed by atoms with E-state index in [2.05, 4.69) is 10.0 Å². The van der Waals surface area contributed by atoms with Crippen LogP contribution >= 0.6 is 0 Å². The minimum atomic E-state index is -3.84. The maximum Gasteiger partial charge on any atom is 0.262 e. The number of anilines is 2. The molecule has 1 heterocycles. The standard InChI is InChI=1S/C24H22N2O6S/c1-16-3-10-21(30-2)20(13-16)26-33(28,29)19-8-6-18(7-9-19)25-24(27)12-5-17-4-11-22-23(14-17)32-15-31-22/h3-14,26H,15H2,1-2H3,(H,25,27)/b12-5+. The lowest BCUT2D eigenvalue weighted by Crippen LogP contribution is -2.14. The van der Waals surface area contributed by atoms with E-state index < -0.39 is 10.0 Å². The molecule has 3 aromatic rings. The van der Waals surface area contributed by atoms with Crippen LogP contribution in [0.2, 0.25) is 0 Å². The SMILES string of the molecule is COc1ccc(C)cc1NS(=O)(=O)c1ccc(NC(=O)/C=C/c2ccc3c(c2)OCO3)cc1. The molecule has 0 aromatic heterocycles. The maximum atomic E-state index is 12.8. The van der Waals surface area contributed by atoms with Crippen LogP contribution in [0, 0.1) is 6.92 Å². The number of aryl methyl sites for hydroxylation is 1. The topological polar surface area (TPSA) is 103 Å². The van der Waals surface area contributed by atoms with Crippen LogP contribution in [0.15, 0.2) is 71.6 Å². The first-order chi connectivity index (χ1) is 15.8. The van der Waals surface area contributed by atoms with E-state index in [-0.39, 0.29) is 17.6 Å². The molecule has 0 bridgehead atoms. The summed E-state index contributed by atoms with van der Waals surface area (Å²) in [7, 11) is -2.36. The average Bonchev–Trinajstić information content (AvgIpc) is 3.26. The fourth-order valence-electron chi connectivity index (χ4n) is 3.20. The summed E-state index contributed by atoms with van der Waals surface area (Å²) in [5.74, 6) is 1.36. The van der Waals surface area contributed by atoms with Crippen molar-refractivity contribution in [3.05, 3.63) is 77.9 Å². The Hall–Kier alpha value is -3.98. The third-order valence-electron chi connectivity index (χ3n) is 4.86. The third-order valence-corrected chi connectivity index (χ3v) is 6.24. The zero-order valence-electron chi connectivity index (χ0n) is 18.0. The first kappa shape index (κ1) is 22.2. The van der Waals surface area contributed by atoms with Crippen molar-refractivity contribution in [2.45, 2.75) is 11.8 Å². The normalized spacial score (nSPS) is 12.5. The molecule has 0 spiro atoms. The second-order valence-electron chi connectivity index (χ2n) is 7.27. The van der Waals surface area contributed by atoms with Crippen molar-refractivity contribution in [1.29, 1.82) is 0 Å². The van der Waals surface area contributed by atoms with Crippen molar-refractivity contribution in [2.75, 3.05) is 23.9 Å². The second-order valence-corrected chi connectivity index (χ2v) is 8.95. The lowest BCUT2D eigenvalue weighted by Gasteiger charge is -2.13. The van der Waals surface area contributed by atoms with Crippen LogP contribution in [0.1, 0.15) is 11.1 Å². The number of hydrogen-bond acceptors (Lipinski definition) is 6.